The maximum atomic E-state index is 13.8. The van der Waals surface area contributed by atoms with Gasteiger partial charge in [0.25, 0.3) is 11.8 Å². The second kappa shape index (κ2) is 8.00. The summed E-state index contributed by atoms with van der Waals surface area (Å²) in [7, 11) is 0. The fraction of sp³-hybridized carbons (Fsp3) is 0.120. The van der Waals surface area contributed by atoms with Crippen LogP contribution in [0.2, 0.25) is 5.02 Å². The highest BCUT2D eigenvalue weighted by Gasteiger charge is 2.40. The number of imide groups is 1. The Bertz CT molecular complexity index is 1270. The summed E-state index contributed by atoms with van der Waals surface area (Å²) < 4.78 is 13.8. The summed E-state index contributed by atoms with van der Waals surface area (Å²) in [6, 6.07) is 16.3. The predicted molar refractivity (Wildman–Crippen MR) is 122 cm³/mol. The normalized spacial score (nSPS) is 13.9. The van der Waals surface area contributed by atoms with E-state index in [1.807, 2.05) is 45.0 Å². The number of hydrogen-bond donors (Lipinski definition) is 1. The molecule has 4 rings (SSSR count). The van der Waals surface area contributed by atoms with Crippen LogP contribution in [0.3, 0.4) is 0 Å². The molecular formula is C25H20ClFN2O2. The Kier molecular flexibility index (Phi) is 5.38. The Morgan fingerprint density at radius 2 is 1.58 bits per heavy atom. The Morgan fingerprint density at radius 3 is 2.29 bits per heavy atom. The lowest BCUT2D eigenvalue weighted by molar-refractivity contribution is -0.120. The quantitative estimate of drug-likeness (QED) is 0.528. The molecule has 6 heteroatoms. The van der Waals surface area contributed by atoms with Crippen molar-refractivity contribution in [1.82, 2.24) is 0 Å². The van der Waals surface area contributed by atoms with Gasteiger partial charge in [0.2, 0.25) is 0 Å². The van der Waals surface area contributed by atoms with Gasteiger partial charge < -0.3 is 5.32 Å². The first-order chi connectivity index (χ1) is 14.8. The zero-order valence-electron chi connectivity index (χ0n) is 17.3. The third-order valence-corrected chi connectivity index (χ3v) is 5.64. The van der Waals surface area contributed by atoms with Gasteiger partial charge in [-0.1, -0.05) is 41.9 Å². The average molecular weight is 435 g/mol. The maximum absolute atomic E-state index is 13.8. The molecule has 0 saturated heterocycles. The number of carbonyl (C=O) groups is 2. The van der Waals surface area contributed by atoms with Crippen molar-refractivity contribution < 1.29 is 14.0 Å². The Morgan fingerprint density at radius 1 is 0.839 bits per heavy atom. The zero-order chi connectivity index (χ0) is 22.3. The molecule has 0 radical (unpaired) electrons. The van der Waals surface area contributed by atoms with E-state index < -0.39 is 17.6 Å². The summed E-state index contributed by atoms with van der Waals surface area (Å²) >= 11 is 6.14. The van der Waals surface area contributed by atoms with Crippen LogP contribution in [0.5, 0.6) is 0 Å². The van der Waals surface area contributed by atoms with Crippen molar-refractivity contribution in [3.8, 4) is 0 Å². The van der Waals surface area contributed by atoms with E-state index in [4.69, 9.17) is 11.6 Å². The lowest BCUT2D eigenvalue weighted by Gasteiger charge is -2.16. The molecule has 1 aliphatic rings. The molecule has 0 fully saturated rings. The van der Waals surface area contributed by atoms with Crippen LogP contribution in [0.4, 0.5) is 15.8 Å². The van der Waals surface area contributed by atoms with Crippen molar-refractivity contribution in [2.75, 3.05) is 10.2 Å². The van der Waals surface area contributed by atoms with Crippen LogP contribution < -0.4 is 10.2 Å². The molecule has 2 amide bonds. The maximum Gasteiger partial charge on any atom is 0.282 e. The molecule has 1 heterocycles. The smallest absolute Gasteiger partial charge is 0.282 e. The first kappa shape index (κ1) is 20.8. The van der Waals surface area contributed by atoms with E-state index in [9.17, 15) is 14.0 Å². The van der Waals surface area contributed by atoms with Gasteiger partial charge in [0, 0.05) is 10.7 Å². The second-order valence-corrected chi connectivity index (χ2v) is 8.00. The second-order valence-electron chi connectivity index (χ2n) is 7.56. The molecule has 0 unspecified atom stereocenters. The summed E-state index contributed by atoms with van der Waals surface area (Å²) in [5.74, 6) is -1.60. The lowest BCUT2D eigenvalue weighted by Crippen LogP contribution is -2.32. The lowest BCUT2D eigenvalue weighted by atomic mass is 9.99. The number of nitrogens with zero attached hydrogens (tertiary/aromatic N) is 1. The summed E-state index contributed by atoms with van der Waals surface area (Å²) in [6.07, 6.45) is 0. The van der Waals surface area contributed by atoms with Gasteiger partial charge in [-0.3, -0.25) is 9.59 Å². The van der Waals surface area contributed by atoms with E-state index >= 15 is 0 Å². The summed E-state index contributed by atoms with van der Waals surface area (Å²) in [6.45, 7) is 5.79. The first-order valence-corrected chi connectivity index (χ1v) is 10.1. The van der Waals surface area contributed by atoms with Gasteiger partial charge in [-0.25, -0.2) is 9.29 Å². The molecule has 4 nitrogen and oxygen atoms in total. The molecule has 31 heavy (non-hydrogen) atoms. The number of rotatable bonds is 4. The van der Waals surface area contributed by atoms with Gasteiger partial charge >= 0.3 is 0 Å². The van der Waals surface area contributed by atoms with Crippen molar-refractivity contribution in [3.05, 3.63) is 99.5 Å². The predicted octanol–water partition coefficient (Wildman–Crippen LogP) is 5.80. The van der Waals surface area contributed by atoms with Crippen LogP contribution in [0.15, 0.2) is 66.4 Å². The highest BCUT2D eigenvalue weighted by Crippen LogP contribution is 2.35. The minimum Gasteiger partial charge on any atom is -0.350 e. The largest absolute Gasteiger partial charge is 0.350 e. The van der Waals surface area contributed by atoms with E-state index in [-0.39, 0.29) is 17.0 Å². The van der Waals surface area contributed by atoms with Crippen LogP contribution in [0, 0.1) is 26.6 Å². The van der Waals surface area contributed by atoms with E-state index in [2.05, 4.69) is 5.32 Å². The van der Waals surface area contributed by atoms with Gasteiger partial charge in [0.1, 0.15) is 11.5 Å². The highest BCUT2D eigenvalue weighted by molar-refractivity contribution is 6.46. The van der Waals surface area contributed by atoms with E-state index in [0.717, 1.165) is 21.6 Å². The van der Waals surface area contributed by atoms with Crippen LogP contribution in [0.25, 0.3) is 5.57 Å². The number of halogens is 2. The number of nitrogens with one attached hydrogen (secondary N) is 1. The fourth-order valence-electron chi connectivity index (χ4n) is 3.52. The monoisotopic (exact) mass is 434 g/mol. The molecule has 0 spiro atoms. The van der Waals surface area contributed by atoms with E-state index in [1.165, 1.54) is 24.3 Å². The fourth-order valence-corrected chi connectivity index (χ4v) is 3.70. The van der Waals surface area contributed by atoms with Crippen LogP contribution in [-0.2, 0) is 9.59 Å². The Balaban J connectivity index is 1.88. The molecule has 3 aromatic carbocycles. The van der Waals surface area contributed by atoms with Crippen LogP contribution in [0.1, 0.15) is 22.3 Å². The molecule has 0 atom stereocenters. The minimum absolute atomic E-state index is 0.128. The summed E-state index contributed by atoms with van der Waals surface area (Å²) in [4.78, 5) is 27.8. The van der Waals surface area contributed by atoms with Gasteiger partial charge in [-0.2, -0.15) is 0 Å². The molecule has 1 aliphatic heterocycles. The molecule has 0 saturated carbocycles. The van der Waals surface area contributed by atoms with Crippen molar-refractivity contribution in [3.63, 3.8) is 0 Å². The third kappa shape index (κ3) is 3.84. The minimum atomic E-state index is -0.553. The number of aryl methyl sites for hydroxylation is 3. The van der Waals surface area contributed by atoms with Crippen molar-refractivity contribution in [2.24, 2.45) is 0 Å². The molecule has 3 aromatic rings. The molecule has 0 bridgehead atoms. The number of hydrogen-bond acceptors (Lipinski definition) is 3. The van der Waals surface area contributed by atoms with Gasteiger partial charge in [0.05, 0.1) is 11.3 Å². The first-order valence-electron chi connectivity index (χ1n) is 9.75. The average Bonchev–Trinajstić information content (AvgIpc) is 2.96. The van der Waals surface area contributed by atoms with Crippen molar-refractivity contribution in [1.29, 1.82) is 0 Å². The van der Waals surface area contributed by atoms with Crippen LogP contribution >= 0.6 is 11.6 Å². The molecular weight excluding hydrogens is 415 g/mol. The summed E-state index contributed by atoms with van der Waals surface area (Å²) in [5, 5.41) is 3.62. The van der Waals surface area contributed by atoms with Crippen LogP contribution in [-0.4, -0.2) is 11.8 Å². The molecule has 0 aliphatic carbocycles. The Hall–Kier alpha value is -3.44. The number of amides is 2. The Labute approximate surface area is 185 Å². The van der Waals surface area contributed by atoms with E-state index in [1.54, 1.807) is 12.1 Å². The standard InChI is InChI=1S/C25H20ClFN2O2/c1-14-7-9-17(11-16(14)3)22-23(28-21-12-18(26)10-8-15(21)2)25(31)29(24(22)30)20-6-4-5-19(27)13-20/h4-13,28H,1-3H3. The van der Waals surface area contributed by atoms with Gasteiger partial charge in [0.15, 0.2) is 0 Å². The molecule has 0 aromatic heterocycles. The molecule has 1 N–H and O–H groups in total. The van der Waals surface area contributed by atoms with Crippen molar-refractivity contribution >= 4 is 40.4 Å². The summed E-state index contributed by atoms with van der Waals surface area (Å²) in [5.41, 5.74) is 4.70. The SMILES string of the molecule is Cc1ccc(C2=C(Nc3cc(Cl)ccc3C)C(=O)N(c3cccc(F)c3)C2=O)cc1C. The van der Waals surface area contributed by atoms with Crippen molar-refractivity contribution in [2.45, 2.75) is 20.8 Å². The number of anilines is 2. The van der Waals surface area contributed by atoms with Gasteiger partial charge in [-0.15, -0.1) is 0 Å². The zero-order valence-corrected chi connectivity index (χ0v) is 18.0. The third-order valence-electron chi connectivity index (χ3n) is 5.41. The molecule has 156 valence electrons. The highest BCUT2D eigenvalue weighted by atomic mass is 35.5. The number of benzene rings is 3. The number of carbonyl (C=O) groups excluding carboxylic acids is 2. The van der Waals surface area contributed by atoms with Gasteiger partial charge in [-0.05, 0) is 73.4 Å². The topological polar surface area (TPSA) is 49.4 Å². The van der Waals surface area contributed by atoms with E-state index in [0.29, 0.717) is 16.3 Å².